The number of piperidine rings is 1. The van der Waals surface area contributed by atoms with Crippen LogP contribution in [0.2, 0.25) is 0 Å². The van der Waals surface area contributed by atoms with Gasteiger partial charge in [0, 0.05) is 30.1 Å². The van der Waals surface area contributed by atoms with Gasteiger partial charge in [-0.2, -0.15) is 11.3 Å². The number of hydrogen-bond donors (Lipinski definition) is 1. The minimum absolute atomic E-state index is 0.0351. The van der Waals surface area contributed by atoms with Crippen molar-refractivity contribution in [3.63, 3.8) is 0 Å². The SMILES string of the molecule is O=C(NC1CCN(C(=O)c2ccco2)CC1)c1ccsc1. The van der Waals surface area contributed by atoms with Gasteiger partial charge in [-0.05, 0) is 36.4 Å². The molecule has 1 saturated heterocycles. The Morgan fingerprint density at radius 2 is 2.10 bits per heavy atom. The molecule has 3 heterocycles. The van der Waals surface area contributed by atoms with Crippen LogP contribution in [-0.4, -0.2) is 35.8 Å². The summed E-state index contributed by atoms with van der Waals surface area (Å²) in [5.41, 5.74) is 0.703. The summed E-state index contributed by atoms with van der Waals surface area (Å²) in [5, 5.41) is 6.75. The Hall–Kier alpha value is -2.08. The zero-order valence-corrected chi connectivity index (χ0v) is 12.3. The first kappa shape index (κ1) is 13.9. The number of carbonyl (C=O) groups excluding carboxylic acids is 2. The highest BCUT2D eigenvalue weighted by Crippen LogP contribution is 2.15. The fraction of sp³-hybridized carbons (Fsp3) is 0.333. The Bertz CT molecular complexity index is 599. The molecular weight excluding hydrogens is 288 g/mol. The molecule has 0 aliphatic carbocycles. The van der Waals surface area contributed by atoms with Gasteiger partial charge in [-0.15, -0.1) is 0 Å². The van der Waals surface area contributed by atoms with Gasteiger partial charge < -0.3 is 14.6 Å². The highest BCUT2D eigenvalue weighted by molar-refractivity contribution is 7.08. The zero-order chi connectivity index (χ0) is 14.7. The third-order valence-corrected chi connectivity index (χ3v) is 4.32. The van der Waals surface area contributed by atoms with E-state index in [0.29, 0.717) is 24.4 Å². The van der Waals surface area contributed by atoms with E-state index >= 15 is 0 Å². The summed E-state index contributed by atoms with van der Waals surface area (Å²) in [4.78, 5) is 25.9. The van der Waals surface area contributed by atoms with Crippen LogP contribution in [-0.2, 0) is 0 Å². The Labute approximate surface area is 126 Å². The first-order valence-corrected chi connectivity index (χ1v) is 7.84. The van der Waals surface area contributed by atoms with Crippen LogP contribution in [0.15, 0.2) is 39.6 Å². The lowest BCUT2D eigenvalue weighted by Crippen LogP contribution is -2.46. The molecule has 0 bridgehead atoms. The van der Waals surface area contributed by atoms with Gasteiger partial charge in [0.15, 0.2) is 5.76 Å². The summed E-state index contributed by atoms with van der Waals surface area (Å²) in [6.07, 6.45) is 3.03. The molecule has 2 aromatic rings. The summed E-state index contributed by atoms with van der Waals surface area (Å²) in [6.45, 7) is 1.27. The van der Waals surface area contributed by atoms with Crippen LogP contribution in [0, 0.1) is 0 Å². The van der Waals surface area contributed by atoms with Crippen molar-refractivity contribution in [2.75, 3.05) is 13.1 Å². The standard InChI is InChI=1S/C15H16N2O3S/c18-14(11-5-9-21-10-11)16-12-3-6-17(7-4-12)15(19)13-2-1-8-20-13/h1-2,5,8-10,12H,3-4,6-7H2,(H,16,18). The fourth-order valence-corrected chi connectivity index (χ4v) is 3.08. The van der Waals surface area contributed by atoms with Crippen molar-refractivity contribution in [1.82, 2.24) is 10.2 Å². The molecule has 1 aliphatic rings. The average Bonchev–Trinajstić information content (AvgIpc) is 3.20. The summed E-state index contributed by atoms with van der Waals surface area (Å²) < 4.78 is 5.13. The maximum Gasteiger partial charge on any atom is 0.289 e. The molecule has 110 valence electrons. The summed E-state index contributed by atoms with van der Waals surface area (Å²) in [5.74, 6) is 0.255. The molecule has 21 heavy (non-hydrogen) atoms. The highest BCUT2D eigenvalue weighted by atomic mass is 32.1. The minimum atomic E-state index is -0.0809. The number of amides is 2. The molecule has 0 saturated carbocycles. The van der Waals surface area contributed by atoms with E-state index in [4.69, 9.17) is 4.42 Å². The maximum absolute atomic E-state index is 12.1. The van der Waals surface area contributed by atoms with E-state index in [-0.39, 0.29) is 17.9 Å². The highest BCUT2D eigenvalue weighted by Gasteiger charge is 2.25. The van der Waals surface area contributed by atoms with Gasteiger partial charge in [-0.3, -0.25) is 9.59 Å². The quantitative estimate of drug-likeness (QED) is 0.947. The molecule has 5 nitrogen and oxygen atoms in total. The predicted octanol–water partition coefficient (Wildman–Crippen LogP) is 2.38. The van der Waals surface area contributed by atoms with E-state index in [0.717, 1.165) is 12.8 Å². The van der Waals surface area contributed by atoms with E-state index in [1.807, 2.05) is 16.8 Å². The summed E-state index contributed by atoms with van der Waals surface area (Å²) >= 11 is 1.51. The zero-order valence-electron chi connectivity index (χ0n) is 11.5. The van der Waals surface area contributed by atoms with Gasteiger partial charge in [0.1, 0.15) is 0 Å². The number of rotatable bonds is 3. The third-order valence-electron chi connectivity index (χ3n) is 3.63. The molecule has 1 aliphatic heterocycles. The van der Waals surface area contributed by atoms with Crippen LogP contribution >= 0.6 is 11.3 Å². The lowest BCUT2D eigenvalue weighted by Gasteiger charge is -2.31. The smallest absolute Gasteiger partial charge is 0.289 e. The lowest BCUT2D eigenvalue weighted by molar-refractivity contribution is 0.0667. The second kappa shape index (κ2) is 6.13. The summed E-state index contributed by atoms with van der Waals surface area (Å²) in [6, 6.07) is 5.32. The Kier molecular flexibility index (Phi) is 4.06. The van der Waals surface area contributed by atoms with Crippen molar-refractivity contribution in [3.05, 3.63) is 46.5 Å². The Morgan fingerprint density at radius 1 is 1.29 bits per heavy atom. The third kappa shape index (κ3) is 3.16. The molecule has 0 radical (unpaired) electrons. The van der Waals surface area contributed by atoms with E-state index in [1.165, 1.54) is 17.6 Å². The van der Waals surface area contributed by atoms with Crippen molar-refractivity contribution < 1.29 is 14.0 Å². The lowest BCUT2D eigenvalue weighted by atomic mass is 10.0. The van der Waals surface area contributed by atoms with Gasteiger partial charge in [0.2, 0.25) is 0 Å². The molecule has 0 atom stereocenters. The Morgan fingerprint density at radius 3 is 2.71 bits per heavy atom. The van der Waals surface area contributed by atoms with Crippen LogP contribution in [0.1, 0.15) is 33.8 Å². The normalized spacial score (nSPS) is 15.9. The molecular formula is C15H16N2O3S. The molecule has 1 N–H and O–H groups in total. The van der Waals surface area contributed by atoms with Crippen LogP contribution < -0.4 is 5.32 Å². The van der Waals surface area contributed by atoms with Crippen molar-refractivity contribution in [2.45, 2.75) is 18.9 Å². The number of carbonyl (C=O) groups is 2. The van der Waals surface area contributed by atoms with Crippen LogP contribution in [0.4, 0.5) is 0 Å². The van der Waals surface area contributed by atoms with Crippen LogP contribution in [0.3, 0.4) is 0 Å². The average molecular weight is 304 g/mol. The largest absolute Gasteiger partial charge is 0.459 e. The monoisotopic (exact) mass is 304 g/mol. The molecule has 0 aromatic carbocycles. The topological polar surface area (TPSA) is 62.6 Å². The molecule has 6 heteroatoms. The van der Waals surface area contributed by atoms with E-state index in [2.05, 4.69) is 5.32 Å². The molecule has 0 unspecified atom stereocenters. The second-order valence-corrected chi connectivity index (χ2v) is 5.81. The minimum Gasteiger partial charge on any atom is -0.459 e. The van der Waals surface area contributed by atoms with Crippen LogP contribution in [0.5, 0.6) is 0 Å². The van der Waals surface area contributed by atoms with Crippen molar-refractivity contribution >= 4 is 23.2 Å². The van der Waals surface area contributed by atoms with Gasteiger partial charge in [0.25, 0.3) is 11.8 Å². The first-order valence-electron chi connectivity index (χ1n) is 6.90. The molecule has 0 spiro atoms. The number of thiophene rings is 1. The first-order chi connectivity index (χ1) is 10.2. The molecule has 2 aromatic heterocycles. The number of furan rings is 1. The molecule has 3 rings (SSSR count). The number of hydrogen-bond acceptors (Lipinski definition) is 4. The maximum atomic E-state index is 12.1. The molecule has 1 fully saturated rings. The molecule has 2 amide bonds. The summed E-state index contributed by atoms with van der Waals surface area (Å²) in [7, 11) is 0. The number of nitrogens with zero attached hydrogens (tertiary/aromatic N) is 1. The van der Waals surface area contributed by atoms with Gasteiger partial charge >= 0.3 is 0 Å². The van der Waals surface area contributed by atoms with E-state index < -0.39 is 0 Å². The fourth-order valence-electron chi connectivity index (χ4n) is 2.45. The predicted molar refractivity (Wildman–Crippen MR) is 79.4 cm³/mol. The van der Waals surface area contributed by atoms with E-state index in [1.54, 1.807) is 17.0 Å². The Balaban J connectivity index is 1.51. The van der Waals surface area contributed by atoms with Crippen molar-refractivity contribution in [2.24, 2.45) is 0 Å². The van der Waals surface area contributed by atoms with Gasteiger partial charge in [-0.1, -0.05) is 0 Å². The van der Waals surface area contributed by atoms with Gasteiger partial charge in [-0.25, -0.2) is 0 Å². The van der Waals surface area contributed by atoms with Gasteiger partial charge in [0.05, 0.1) is 6.26 Å². The van der Waals surface area contributed by atoms with Crippen LogP contribution in [0.25, 0.3) is 0 Å². The van der Waals surface area contributed by atoms with Crippen molar-refractivity contribution in [3.8, 4) is 0 Å². The number of likely N-dealkylation sites (tertiary alicyclic amines) is 1. The second-order valence-electron chi connectivity index (χ2n) is 5.03. The number of nitrogens with one attached hydrogen (secondary N) is 1. The van der Waals surface area contributed by atoms with Crippen molar-refractivity contribution in [1.29, 1.82) is 0 Å². The van der Waals surface area contributed by atoms with E-state index in [9.17, 15) is 9.59 Å².